The van der Waals surface area contributed by atoms with E-state index in [2.05, 4.69) is 170 Å². The zero-order chi connectivity index (χ0) is 35.0. The number of fused-ring (bicyclic) bond motifs is 9. The first-order valence-corrected chi connectivity index (χ1v) is 17.9. The van der Waals surface area contributed by atoms with Crippen molar-refractivity contribution < 1.29 is 0 Å². The largest absolute Gasteiger partial charge is 0.256 e. The summed E-state index contributed by atoms with van der Waals surface area (Å²) in [6.45, 7) is 8.67. The van der Waals surface area contributed by atoms with E-state index in [0.717, 1.165) is 16.6 Å². The summed E-state index contributed by atoms with van der Waals surface area (Å²) in [7, 11) is 0. The quantitative estimate of drug-likeness (QED) is 0.163. The summed E-state index contributed by atoms with van der Waals surface area (Å²) in [4.78, 5) is 13.2. The van der Waals surface area contributed by atoms with E-state index >= 15 is 0 Å². The third-order valence-electron chi connectivity index (χ3n) is 8.20. The molecule has 0 spiro atoms. The zero-order valence-electron chi connectivity index (χ0n) is 29.8. The van der Waals surface area contributed by atoms with Gasteiger partial charge in [-0.25, -0.2) is 0 Å². The van der Waals surface area contributed by atoms with Crippen molar-refractivity contribution in [3.8, 4) is 0 Å². The minimum atomic E-state index is 0. The second-order valence-corrected chi connectivity index (χ2v) is 12.1. The standard InChI is InChI=1S/3C13H9N.C5H12.C3H8.10CH4/c3*1-2-6-12-10(4-1)7-8-11-5-3-9-14-13(11)12;1-3-5-4-2;1-3-2;;;;;;;;;;/h3*1-9H;3-5H2,1-2H3;3H2,1-2H3;10*1H4. The van der Waals surface area contributed by atoms with E-state index in [-0.39, 0.29) is 74.3 Å². The lowest BCUT2D eigenvalue weighted by Gasteiger charge is -2.01. The van der Waals surface area contributed by atoms with Gasteiger partial charge in [0.15, 0.2) is 0 Å². The van der Waals surface area contributed by atoms with Crippen LogP contribution in [0.2, 0.25) is 0 Å². The maximum absolute atomic E-state index is 4.41. The molecule has 9 aromatic rings. The Labute approximate surface area is 370 Å². The number of rotatable bonds is 2. The van der Waals surface area contributed by atoms with Crippen LogP contribution in [0.3, 0.4) is 0 Å². The van der Waals surface area contributed by atoms with Gasteiger partial charge in [-0.05, 0) is 34.4 Å². The molecule has 0 aliphatic carbocycles. The molecule has 6 aromatic carbocycles. The van der Waals surface area contributed by atoms with Crippen molar-refractivity contribution in [2.45, 2.75) is 128 Å². The van der Waals surface area contributed by atoms with Crippen molar-refractivity contribution in [3.05, 3.63) is 164 Å². The molecule has 3 heteroatoms. The maximum Gasteiger partial charge on any atom is 0.0780 e. The summed E-state index contributed by atoms with van der Waals surface area (Å²) < 4.78 is 0. The molecule has 60 heavy (non-hydrogen) atoms. The number of unbranched alkanes of at least 4 members (excludes halogenated alkanes) is 2. The fraction of sp³-hybridized carbons (Fsp3) is 0.316. The Balaban J connectivity index is -0.000000155. The van der Waals surface area contributed by atoms with E-state index in [0.29, 0.717) is 0 Å². The Hall–Kier alpha value is -5.67. The first-order chi connectivity index (χ1) is 24.7. The molecule has 0 bridgehead atoms. The van der Waals surface area contributed by atoms with E-state index in [1.165, 1.54) is 74.2 Å². The number of aromatic nitrogens is 3. The summed E-state index contributed by atoms with van der Waals surface area (Å²) in [5.74, 6) is 0. The summed E-state index contributed by atoms with van der Waals surface area (Å²) in [6.07, 6.45) is 10.9. The van der Waals surface area contributed by atoms with Crippen LogP contribution < -0.4 is 0 Å². The Morgan fingerprint density at radius 2 is 0.500 bits per heavy atom. The molecule has 3 nitrogen and oxygen atoms in total. The van der Waals surface area contributed by atoms with Gasteiger partial charge in [0.2, 0.25) is 0 Å². The Bertz CT molecular complexity index is 1970. The van der Waals surface area contributed by atoms with E-state index in [4.69, 9.17) is 0 Å². The molecule has 0 fully saturated rings. The smallest absolute Gasteiger partial charge is 0.0780 e. The Morgan fingerprint density at radius 1 is 0.283 bits per heavy atom. The van der Waals surface area contributed by atoms with Crippen LogP contribution in [0.25, 0.3) is 65.0 Å². The van der Waals surface area contributed by atoms with Crippen LogP contribution in [-0.4, -0.2) is 15.0 Å². The van der Waals surface area contributed by atoms with Gasteiger partial charge in [-0.2, -0.15) is 0 Å². The molecular formula is C57H87N3. The summed E-state index contributed by atoms with van der Waals surface area (Å²) in [5.41, 5.74) is 3.27. The fourth-order valence-corrected chi connectivity index (χ4v) is 5.80. The molecule has 0 saturated carbocycles. The lowest BCUT2D eigenvalue weighted by molar-refractivity contribution is 0.772. The van der Waals surface area contributed by atoms with Gasteiger partial charge in [0.1, 0.15) is 0 Å². The lowest BCUT2D eigenvalue weighted by atomic mass is 10.1. The predicted molar refractivity (Wildman–Crippen MR) is 286 cm³/mol. The van der Waals surface area contributed by atoms with Gasteiger partial charge in [-0.3, -0.25) is 15.0 Å². The molecule has 330 valence electrons. The van der Waals surface area contributed by atoms with Gasteiger partial charge in [0.05, 0.1) is 16.6 Å². The second-order valence-electron chi connectivity index (χ2n) is 12.1. The van der Waals surface area contributed by atoms with Gasteiger partial charge >= 0.3 is 0 Å². The van der Waals surface area contributed by atoms with Crippen molar-refractivity contribution in [1.82, 2.24) is 15.0 Å². The van der Waals surface area contributed by atoms with Crippen LogP contribution in [0.5, 0.6) is 0 Å². The molecule has 3 aromatic heterocycles. The third kappa shape index (κ3) is 17.3. The average Bonchev–Trinajstić information content (AvgIpc) is 3.19. The van der Waals surface area contributed by atoms with Crippen LogP contribution >= 0.6 is 0 Å². The first kappa shape index (κ1) is 66.2. The minimum absolute atomic E-state index is 0. The zero-order valence-corrected chi connectivity index (χ0v) is 29.8. The van der Waals surface area contributed by atoms with Gasteiger partial charge in [-0.1, -0.05) is 255 Å². The van der Waals surface area contributed by atoms with Gasteiger partial charge in [-0.15, -0.1) is 0 Å². The number of nitrogens with zero attached hydrogens (tertiary/aromatic N) is 3. The van der Waals surface area contributed by atoms with E-state index < -0.39 is 0 Å². The van der Waals surface area contributed by atoms with E-state index in [1.807, 2.05) is 36.8 Å². The number of hydrogen-bond donors (Lipinski definition) is 0. The summed E-state index contributed by atoms with van der Waals surface area (Å²) in [6, 6.07) is 50.0. The average molecular weight is 814 g/mol. The minimum Gasteiger partial charge on any atom is -0.256 e. The van der Waals surface area contributed by atoms with Crippen LogP contribution in [0.1, 0.15) is 128 Å². The third-order valence-corrected chi connectivity index (χ3v) is 8.20. The highest BCUT2D eigenvalue weighted by molar-refractivity contribution is 6.06. The number of pyridine rings is 3. The molecule has 0 radical (unpaired) electrons. The summed E-state index contributed by atoms with van der Waals surface area (Å²) in [5, 5.41) is 11.0. The van der Waals surface area contributed by atoms with Gasteiger partial charge in [0.25, 0.3) is 0 Å². The Kier molecular flexibility index (Phi) is 38.9. The van der Waals surface area contributed by atoms with Crippen molar-refractivity contribution in [2.75, 3.05) is 0 Å². The predicted octanol–water partition coefficient (Wildman–Crippen LogP) is 20.1. The van der Waals surface area contributed by atoms with Crippen molar-refractivity contribution in [3.63, 3.8) is 0 Å². The molecule has 0 saturated heterocycles. The van der Waals surface area contributed by atoms with Crippen LogP contribution in [0.4, 0.5) is 0 Å². The highest BCUT2D eigenvalue weighted by atomic mass is 14.7. The second kappa shape index (κ2) is 35.3. The molecule has 9 rings (SSSR count). The number of hydrogen-bond acceptors (Lipinski definition) is 3. The molecule has 0 amide bonds. The first-order valence-electron chi connectivity index (χ1n) is 17.9. The molecule has 0 aliphatic rings. The summed E-state index contributed by atoms with van der Waals surface area (Å²) >= 11 is 0. The normalized spacial score (nSPS) is 8.60. The van der Waals surface area contributed by atoms with Crippen LogP contribution in [-0.2, 0) is 0 Å². The van der Waals surface area contributed by atoms with Crippen molar-refractivity contribution >= 4 is 65.0 Å². The fourth-order valence-electron chi connectivity index (χ4n) is 5.80. The molecule has 0 unspecified atom stereocenters. The van der Waals surface area contributed by atoms with Gasteiger partial charge in [0, 0.05) is 50.9 Å². The molecule has 0 aliphatic heterocycles. The molecular weight excluding hydrogens is 727 g/mol. The SMILES string of the molecule is C.C.C.C.C.C.C.C.C.C.CCC.CCCCC.c1ccc2c(c1)ccc1cccnc12.c1ccc2c(c1)ccc1cccnc12.c1ccc2c(c1)ccc1cccnc12. The number of benzene rings is 6. The van der Waals surface area contributed by atoms with Gasteiger partial charge < -0.3 is 0 Å². The Morgan fingerprint density at radius 3 is 0.733 bits per heavy atom. The maximum atomic E-state index is 4.41. The van der Waals surface area contributed by atoms with E-state index in [1.54, 1.807) is 0 Å². The molecule has 0 atom stereocenters. The van der Waals surface area contributed by atoms with Crippen molar-refractivity contribution in [2.24, 2.45) is 0 Å². The monoisotopic (exact) mass is 814 g/mol. The lowest BCUT2D eigenvalue weighted by Crippen LogP contribution is -1.79. The highest BCUT2D eigenvalue weighted by Crippen LogP contribution is 2.24. The topological polar surface area (TPSA) is 38.7 Å². The highest BCUT2D eigenvalue weighted by Gasteiger charge is 2.01. The van der Waals surface area contributed by atoms with E-state index in [9.17, 15) is 0 Å². The molecule has 3 heterocycles. The molecule has 0 N–H and O–H groups in total. The van der Waals surface area contributed by atoms with Crippen molar-refractivity contribution in [1.29, 1.82) is 0 Å². The van der Waals surface area contributed by atoms with Crippen LogP contribution in [0.15, 0.2) is 164 Å². The van der Waals surface area contributed by atoms with Crippen LogP contribution in [0, 0.1) is 0 Å².